The molecule has 1 aromatic rings. The van der Waals surface area contributed by atoms with Gasteiger partial charge in [-0.3, -0.25) is 9.59 Å². The first-order chi connectivity index (χ1) is 8.97. The van der Waals surface area contributed by atoms with Crippen molar-refractivity contribution in [2.45, 2.75) is 46.1 Å². The molecule has 0 saturated heterocycles. The smallest absolute Gasteiger partial charge is 0.228 e. The SMILES string of the molecule is CCC(C)C(C(=O)NC(C)C(C)=O)c1ccccc1. The van der Waals surface area contributed by atoms with Crippen LogP contribution in [0.1, 0.15) is 45.6 Å². The van der Waals surface area contributed by atoms with Gasteiger partial charge in [0, 0.05) is 0 Å². The molecule has 0 fully saturated rings. The maximum absolute atomic E-state index is 12.4. The van der Waals surface area contributed by atoms with Crippen LogP contribution in [0, 0.1) is 5.92 Å². The summed E-state index contributed by atoms with van der Waals surface area (Å²) < 4.78 is 0. The van der Waals surface area contributed by atoms with Crippen LogP contribution in [0.25, 0.3) is 0 Å². The Labute approximate surface area is 115 Å². The monoisotopic (exact) mass is 261 g/mol. The number of carbonyl (C=O) groups excluding carboxylic acids is 2. The number of rotatable bonds is 6. The zero-order valence-corrected chi connectivity index (χ0v) is 12.1. The van der Waals surface area contributed by atoms with E-state index in [-0.39, 0.29) is 23.5 Å². The lowest BCUT2D eigenvalue weighted by molar-refractivity contribution is -0.128. The van der Waals surface area contributed by atoms with E-state index in [1.165, 1.54) is 6.92 Å². The molecule has 0 bridgehead atoms. The highest BCUT2D eigenvalue weighted by Gasteiger charge is 2.27. The Hall–Kier alpha value is -1.64. The first-order valence-electron chi connectivity index (χ1n) is 6.83. The predicted molar refractivity (Wildman–Crippen MR) is 76.9 cm³/mol. The number of hydrogen-bond donors (Lipinski definition) is 1. The fourth-order valence-corrected chi connectivity index (χ4v) is 2.04. The van der Waals surface area contributed by atoms with Crippen molar-refractivity contribution in [1.82, 2.24) is 5.32 Å². The molecule has 0 saturated carbocycles. The van der Waals surface area contributed by atoms with E-state index in [2.05, 4.69) is 19.2 Å². The molecule has 3 heteroatoms. The zero-order chi connectivity index (χ0) is 14.4. The molecule has 104 valence electrons. The molecule has 3 unspecified atom stereocenters. The number of hydrogen-bond acceptors (Lipinski definition) is 2. The van der Waals surface area contributed by atoms with E-state index in [9.17, 15) is 9.59 Å². The van der Waals surface area contributed by atoms with E-state index in [0.29, 0.717) is 0 Å². The lowest BCUT2D eigenvalue weighted by Gasteiger charge is -2.24. The lowest BCUT2D eigenvalue weighted by atomic mass is 9.84. The van der Waals surface area contributed by atoms with Crippen LogP contribution in [0.5, 0.6) is 0 Å². The van der Waals surface area contributed by atoms with Gasteiger partial charge < -0.3 is 5.32 Å². The van der Waals surface area contributed by atoms with Crippen molar-refractivity contribution in [3.8, 4) is 0 Å². The maximum atomic E-state index is 12.4. The average molecular weight is 261 g/mol. The molecule has 1 N–H and O–H groups in total. The number of ketones is 1. The average Bonchev–Trinajstić information content (AvgIpc) is 2.39. The van der Waals surface area contributed by atoms with Crippen LogP contribution in [0.4, 0.5) is 0 Å². The number of nitrogens with one attached hydrogen (secondary N) is 1. The van der Waals surface area contributed by atoms with Gasteiger partial charge in [0.05, 0.1) is 12.0 Å². The van der Waals surface area contributed by atoms with E-state index in [0.717, 1.165) is 12.0 Å². The molecule has 1 rings (SSSR count). The molecule has 0 aliphatic carbocycles. The quantitative estimate of drug-likeness (QED) is 0.855. The van der Waals surface area contributed by atoms with Crippen molar-refractivity contribution in [3.05, 3.63) is 35.9 Å². The Morgan fingerprint density at radius 2 is 1.74 bits per heavy atom. The van der Waals surface area contributed by atoms with Crippen LogP contribution in [-0.2, 0) is 9.59 Å². The van der Waals surface area contributed by atoms with E-state index in [4.69, 9.17) is 0 Å². The third-order valence-corrected chi connectivity index (χ3v) is 3.62. The summed E-state index contributed by atoms with van der Waals surface area (Å²) in [7, 11) is 0. The summed E-state index contributed by atoms with van der Waals surface area (Å²) in [4.78, 5) is 23.7. The van der Waals surface area contributed by atoms with Crippen LogP contribution in [0.15, 0.2) is 30.3 Å². The van der Waals surface area contributed by atoms with Gasteiger partial charge in [0.15, 0.2) is 5.78 Å². The van der Waals surface area contributed by atoms with Crippen molar-refractivity contribution in [2.75, 3.05) is 0 Å². The molecule has 1 amide bonds. The van der Waals surface area contributed by atoms with Crippen molar-refractivity contribution in [2.24, 2.45) is 5.92 Å². The van der Waals surface area contributed by atoms with Crippen molar-refractivity contribution < 1.29 is 9.59 Å². The van der Waals surface area contributed by atoms with Crippen LogP contribution in [0.3, 0.4) is 0 Å². The highest BCUT2D eigenvalue weighted by Crippen LogP contribution is 2.27. The van der Waals surface area contributed by atoms with E-state index in [1.807, 2.05) is 30.3 Å². The largest absolute Gasteiger partial charge is 0.346 e. The second-order valence-corrected chi connectivity index (χ2v) is 5.11. The van der Waals surface area contributed by atoms with Crippen molar-refractivity contribution in [3.63, 3.8) is 0 Å². The summed E-state index contributed by atoms with van der Waals surface area (Å²) in [6.45, 7) is 7.35. The molecule has 3 nitrogen and oxygen atoms in total. The molecule has 0 heterocycles. The highest BCUT2D eigenvalue weighted by molar-refractivity contribution is 5.90. The van der Waals surface area contributed by atoms with Gasteiger partial charge >= 0.3 is 0 Å². The number of benzene rings is 1. The standard InChI is InChI=1S/C16H23NO2/c1-5-11(2)15(14-9-7-6-8-10-14)16(19)17-12(3)13(4)18/h6-12,15H,5H2,1-4H3,(H,17,19). The third kappa shape index (κ3) is 4.19. The summed E-state index contributed by atoms with van der Waals surface area (Å²) in [5.41, 5.74) is 1.00. The summed E-state index contributed by atoms with van der Waals surface area (Å²) in [6, 6.07) is 9.32. The molecule has 0 aliphatic rings. The minimum absolute atomic E-state index is 0.0238. The fourth-order valence-electron chi connectivity index (χ4n) is 2.04. The second kappa shape index (κ2) is 7.07. The molecule has 0 aromatic heterocycles. The maximum Gasteiger partial charge on any atom is 0.228 e. The van der Waals surface area contributed by atoms with Crippen LogP contribution in [-0.4, -0.2) is 17.7 Å². The molecule has 1 aromatic carbocycles. The minimum Gasteiger partial charge on any atom is -0.346 e. The topological polar surface area (TPSA) is 46.2 Å². The molecule has 0 radical (unpaired) electrons. The van der Waals surface area contributed by atoms with Gasteiger partial charge in [0.1, 0.15) is 0 Å². The molecular weight excluding hydrogens is 238 g/mol. The zero-order valence-electron chi connectivity index (χ0n) is 12.1. The highest BCUT2D eigenvalue weighted by atomic mass is 16.2. The van der Waals surface area contributed by atoms with Gasteiger partial charge in [-0.1, -0.05) is 50.6 Å². The second-order valence-electron chi connectivity index (χ2n) is 5.11. The summed E-state index contributed by atoms with van der Waals surface area (Å²) in [5.74, 6) is -0.0536. The molecular formula is C16H23NO2. The van der Waals surface area contributed by atoms with Crippen LogP contribution < -0.4 is 5.32 Å². The first kappa shape index (κ1) is 15.4. The Bertz CT molecular complexity index is 428. The van der Waals surface area contributed by atoms with Gasteiger partial charge in [-0.15, -0.1) is 0 Å². The Balaban J connectivity index is 2.92. The van der Waals surface area contributed by atoms with Crippen molar-refractivity contribution in [1.29, 1.82) is 0 Å². The van der Waals surface area contributed by atoms with Crippen LogP contribution >= 0.6 is 0 Å². The van der Waals surface area contributed by atoms with Gasteiger partial charge in [-0.2, -0.15) is 0 Å². The van der Waals surface area contributed by atoms with E-state index < -0.39 is 6.04 Å². The van der Waals surface area contributed by atoms with Gasteiger partial charge in [0.25, 0.3) is 0 Å². The molecule has 0 spiro atoms. The van der Waals surface area contributed by atoms with E-state index >= 15 is 0 Å². The first-order valence-corrected chi connectivity index (χ1v) is 6.83. The van der Waals surface area contributed by atoms with Gasteiger partial charge in [0.2, 0.25) is 5.91 Å². The fraction of sp³-hybridized carbons (Fsp3) is 0.500. The van der Waals surface area contributed by atoms with Gasteiger partial charge in [-0.05, 0) is 25.3 Å². The molecule has 19 heavy (non-hydrogen) atoms. The van der Waals surface area contributed by atoms with Crippen LogP contribution in [0.2, 0.25) is 0 Å². The predicted octanol–water partition coefficient (Wildman–Crippen LogP) is 2.91. The normalized spacial score (nSPS) is 15.4. The molecule has 3 atom stereocenters. The number of carbonyl (C=O) groups is 2. The summed E-state index contributed by atoms with van der Waals surface area (Å²) >= 11 is 0. The molecule has 0 aliphatic heterocycles. The number of amides is 1. The minimum atomic E-state index is -0.428. The summed E-state index contributed by atoms with van der Waals surface area (Å²) in [6.07, 6.45) is 0.918. The Morgan fingerprint density at radius 1 is 1.16 bits per heavy atom. The van der Waals surface area contributed by atoms with Crippen molar-refractivity contribution >= 4 is 11.7 Å². The van der Waals surface area contributed by atoms with Gasteiger partial charge in [-0.25, -0.2) is 0 Å². The van der Waals surface area contributed by atoms with E-state index in [1.54, 1.807) is 6.92 Å². The summed E-state index contributed by atoms with van der Waals surface area (Å²) in [5, 5.41) is 2.80. The Morgan fingerprint density at radius 3 is 2.21 bits per heavy atom. The Kier molecular flexibility index (Phi) is 5.74. The lowest BCUT2D eigenvalue weighted by Crippen LogP contribution is -2.41. The number of Topliss-reactive ketones (excluding diaryl/α,β-unsaturated/α-hetero) is 1. The third-order valence-electron chi connectivity index (χ3n) is 3.62.